The van der Waals surface area contributed by atoms with E-state index in [2.05, 4.69) is 5.32 Å². The number of benzene rings is 2. The van der Waals surface area contributed by atoms with Crippen molar-refractivity contribution in [3.05, 3.63) is 52.0 Å². The number of anilines is 2. The summed E-state index contributed by atoms with van der Waals surface area (Å²) >= 11 is 11.8. The summed E-state index contributed by atoms with van der Waals surface area (Å²) < 4.78 is 5.66. The molecule has 0 fully saturated rings. The number of hydrogen-bond donors (Lipinski definition) is 1. The van der Waals surface area contributed by atoms with E-state index in [0.29, 0.717) is 39.3 Å². The van der Waals surface area contributed by atoms with E-state index in [1.165, 1.54) is 6.07 Å². The zero-order valence-corrected chi connectivity index (χ0v) is 15.9. The number of nitrogens with one attached hydrogen (secondary N) is 1. The molecule has 1 aliphatic rings. The van der Waals surface area contributed by atoms with Gasteiger partial charge in [0, 0.05) is 17.8 Å². The average molecular weight is 393 g/mol. The summed E-state index contributed by atoms with van der Waals surface area (Å²) in [4.78, 5) is 26.5. The summed E-state index contributed by atoms with van der Waals surface area (Å²) in [5, 5.41) is 3.51. The Kier molecular flexibility index (Phi) is 5.39. The van der Waals surface area contributed by atoms with Crippen LogP contribution in [-0.2, 0) is 4.79 Å². The van der Waals surface area contributed by atoms with Gasteiger partial charge in [0.25, 0.3) is 11.8 Å². The van der Waals surface area contributed by atoms with E-state index in [-0.39, 0.29) is 11.8 Å². The molecule has 1 unspecified atom stereocenters. The van der Waals surface area contributed by atoms with Gasteiger partial charge in [-0.3, -0.25) is 9.59 Å². The Morgan fingerprint density at radius 3 is 2.65 bits per heavy atom. The van der Waals surface area contributed by atoms with Crippen molar-refractivity contribution in [2.75, 3.05) is 16.8 Å². The van der Waals surface area contributed by atoms with Gasteiger partial charge in [-0.05, 0) is 49.7 Å². The zero-order chi connectivity index (χ0) is 18.8. The van der Waals surface area contributed by atoms with Crippen molar-refractivity contribution in [2.24, 2.45) is 0 Å². The van der Waals surface area contributed by atoms with Gasteiger partial charge in [-0.2, -0.15) is 0 Å². The monoisotopic (exact) mass is 392 g/mol. The molecular weight excluding hydrogens is 375 g/mol. The molecule has 2 aromatic carbocycles. The second-order valence-electron chi connectivity index (χ2n) is 6.02. The minimum Gasteiger partial charge on any atom is -0.479 e. The second-order valence-corrected chi connectivity index (χ2v) is 6.83. The van der Waals surface area contributed by atoms with Gasteiger partial charge in [-0.25, -0.2) is 0 Å². The highest BCUT2D eigenvalue weighted by atomic mass is 35.5. The number of nitrogens with zero attached hydrogens (tertiary/aromatic N) is 1. The van der Waals surface area contributed by atoms with E-state index >= 15 is 0 Å². The molecule has 0 saturated carbocycles. The molecule has 5 nitrogen and oxygen atoms in total. The Morgan fingerprint density at radius 1 is 1.19 bits per heavy atom. The number of carbonyl (C=O) groups excluding carboxylic acids is 2. The van der Waals surface area contributed by atoms with Crippen LogP contribution in [0, 0.1) is 0 Å². The number of ether oxygens (including phenoxy) is 1. The van der Waals surface area contributed by atoms with Gasteiger partial charge in [0.05, 0.1) is 15.7 Å². The van der Waals surface area contributed by atoms with Crippen LogP contribution >= 0.6 is 23.2 Å². The van der Waals surface area contributed by atoms with Gasteiger partial charge in [0.15, 0.2) is 6.10 Å². The summed E-state index contributed by atoms with van der Waals surface area (Å²) in [5.41, 5.74) is 1.61. The quantitative estimate of drug-likeness (QED) is 0.814. The molecule has 1 atom stereocenters. The summed E-state index contributed by atoms with van der Waals surface area (Å²) in [6, 6.07) is 9.91. The lowest BCUT2D eigenvalue weighted by Crippen LogP contribution is -2.44. The molecule has 0 saturated heterocycles. The number of fused-ring (bicyclic) bond motifs is 1. The smallest absolute Gasteiger partial charge is 0.267 e. The molecule has 1 aliphatic heterocycles. The van der Waals surface area contributed by atoms with Crippen molar-refractivity contribution < 1.29 is 14.3 Å². The SMILES string of the molecule is CCCN1C(=O)C(C)Oc2ccc(NC(=O)c3ccc(Cl)c(Cl)c3)cc21. The fourth-order valence-corrected chi connectivity index (χ4v) is 3.08. The molecule has 0 radical (unpaired) electrons. The third-order valence-electron chi connectivity index (χ3n) is 4.05. The summed E-state index contributed by atoms with van der Waals surface area (Å²) in [6.07, 6.45) is 0.295. The molecule has 0 bridgehead atoms. The minimum absolute atomic E-state index is 0.0905. The van der Waals surface area contributed by atoms with E-state index < -0.39 is 6.10 Å². The maximum atomic E-state index is 12.4. The zero-order valence-electron chi connectivity index (χ0n) is 14.4. The normalized spacial score (nSPS) is 16.1. The highest BCUT2D eigenvalue weighted by Crippen LogP contribution is 2.36. The maximum Gasteiger partial charge on any atom is 0.267 e. The Bertz CT molecular complexity index is 870. The summed E-state index contributed by atoms with van der Waals surface area (Å²) in [5.74, 6) is 0.215. The van der Waals surface area contributed by atoms with E-state index in [1.807, 2.05) is 6.92 Å². The van der Waals surface area contributed by atoms with Crippen LogP contribution in [0.3, 0.4) is 0 Å². The fourth-order valence-electron chi connectivity index (χ4n) is 2.78. The molecule has 2 aromatic rings. The topological polar surface area (TPSA) is 58.6 Å². The van der Waals surface area contributed by atoms with Gasteiger partial charge in [-0.1, -0.05) is 30.1 Å². The van der Waals surface area contributed by atoms with Crippen LogP contribution in [0.25, 0.3) is 0 Å². The molecule has 2 amide bonds. The number of carbonyl (C=O) groups is 2. The van der Waals surface area contributed by atoms with Crippen molar-refractivity contribution >= 4 is 46.4 Å². The van der Waals surface area contributed by atoms with Gasteiger partial charge in [-0.15, -0.1) is 0 Å². The predicted octanol–water partition coefficient (Wildman–Crippen LogP) is 4.77. The van der Waals surface area contributed by atoms with Crippen LogP contribution in [0.2, 0.25) is 10.0 Å². The number of hydrogen-bond acceptors (Lipinski definition) is 3. The second kappa shape index (κ2) is 7.56. The fraction of sp³-hybridized carbons (Fsp3) is 0.263. The van der Waals surface area contributed by atoms with Crippen LogP contribution in [0.4, 0.5) is 11.4 Å². The average Bonchev–Trinajstić information content (AvgIpc) is 2.61. The molecule has 1 N–H and O–H groups in total. The number of halogens is 2. The van der Waals surface area contributed by atoms with Crippen LogP contribution in [0.1, 0.15) is 30.6 Å². The van der Waals surface area contributed by atoms with Crippen LogP contribution in [0.5, 0.6) is 5.75 Å². The van der Waals surface area contributed by atoms with Crippen molar-refractivity contribution in [3.63, 3.8) is 0 Å². The first-order chi connectivity index (χ1) is 12.4. The first-order valence-electron chi connectivity index (χ1n) is 8.29. The van der Waals surface area contributed by atoms with Gasteiger partial charge < -0.3 is 15.0 Å². The highest BCUT2D eigenvalue weighted by molar-refractivity contribution is 6.42. The standard InChI is InChI=1S/C19H18Cl2N2O3/c1-3-8-23-16-10-13(5-7-17(16)26-11(2)19(23)25)22-18(24)12-4-6-14(20)15(21)9-12/h4-7,9-11H,3,8H2,1-2H3,(H,22,24). The van der Waals surface area contributed by atoms with E-state index in [4.69, 9.17) is 27.9 Å². The Morgan fingerprint density at radius 2 is 1.96 bits per heavy atom. The van der Waals surface area contributed by atoms with Crippen molar-refractivity contribution in [2.45, 2.75) is 26.4 Å². The molecule has 3 rings (SSSR count). The van der Waals surface area contributed by atoms with Gasteiger partial charge >= 0.3 is 0 Å². The molecule has 136 valence electrons. The van der Waals surface area contributed by atoms with E-state index in [9.17, 15) is 9.59 Å². The minimum atomic E-state index is -0.522. The molecule has 26 heavy (non-hydrogen) atoms. The first kappa shape index (κ1) is 18.5. The molecule has 0 aromatic heterocycles. The van der Waals surface area contributed by atoms with E-state index in [0.717, 1.165) is 6.42 Å². The highest BCUT2D eigenvalue weighted by Gasteiger charge is 2.31. The number of amides is 2. The van der Waals surface area contributed by atoms with Crippen molar-refractivity contribution in [3.8, 4) is 5.75 Å². The number of rotatable bonds is 4. The molecular formula is C19H18Cl2N2O3. The van der Waals surface area contributed by atoms with Crippen LogP contribution < -0.4 is 15.0 Å². The molecule has 0 spiro atoms. The molecule has 7 heteroatoms. The van der Waals surface area contributed by atoms with Gasteiger partial charge in [0.2, 0.25) is 0 Å². The third-order valence-corrected chi connectivity index (χ3v) is 4.79. The van der Waals surface area contributed by atoms with Crippen molar-refractivity contribution in [1.29, 1.82) is 0 Å². The maximum absolute atomic E-state index is 12.4. The predicted molar refractivity (Wildman–Crippen MR) is 104 cm³/mol. The third kappa shape index (κ3) is 3.64. The van der Waals surface area contributed by atoms with E-state index in [1.54, 1.807) is 42.2 Å². The summed E-state index contributed by atoms with van der Waals surface area (Å²) in [7, 11) is 0. The lowest BCUT2D eigenvalue weighted by molar-refractivity contribution is -0.125. The van der Waals surface area contributed by atoms with Crippen LogP contribution in [-0.4, -0.2) is 24.5 Å². The lowest BCUT2D eigenvalue weighted by atomic mass is 10.1. The lowest BCUT2D eigenvalue weighted by Gasteiger charge is -2.33. The Hall–Kier alpha value is -2.24. The molecule has 0 aliphatic carbocycles. The first-order valence-corrected chi connectivity index (χ1v) is 9.04. The Labute approximate surface area is 161 Å². The largest absolute Gasteiger partial charge is 0.479 e. The summed E-state index contributed by atoms with van der Waals surface area (Å²) in [6.45, 7) is 4.32. The molecule has 1 heterocycles. The Balaban J connectivity index is 1.87. The van der Waals surface area contributed by atoms with Crippen LogP contribution in [0.15, 0.2) is 36.4 Å². The van der Waals surface area contributed by atoms with Crippen molar-refractivity contribution in [1.82, 2.24) is 0 Å². The van der Waals surface area contributed by atoms with Gasteiger partial charge in [0.1, 0.15) is 5.75 Å².